The fourth-order valence-corrected chi connectivity index (χ4v) is 2.89. The summed E-state index contributed by atoms with van der Waals surface area (Å²) in [6.07, 6.45) is -3.62. The second-order valence-corrected chi connectivity index (χ2v) is 5.81. The molecule has 0 aliphatic heterocycles. The number of hydrogen-bond donors (Lipinski definition) is 2. The maximum Gasteiger partial charge on any atom is 0.391 e. The molecule has 2 rings (SSSR count). The molecule has 1 fully saturated rings. The molecule has 0 aromatic carbocycles. The van der Waals surface area contributed by atoms with E-state index >= 15 is 0 Å². The fourth-order valence-electron chi connectivity index (χ4n) is 2.89. The van der Waals surface area contributed by atoms with Gasteiger partial charge in [-0.3, -0.25) is 4.79 Å². The quantitative estimate of drug-likeness (QED) is 0.886. The van der Waals surface area contributed by atoms with E-state index in [1.54, 1.807) is 0 Å². The van der Waals surface area contributed by atoms with Gasteiger partial charge in [0.15, 0.2) is 0 Å². The first-order chi connectivity index (χ1) is 10.7. The van der Waals surface area contributed by atoms with Gasteiger partial charge in [-0.25, -0.2) is 4.79 Å². The Bertz CT molecular complexity index is 594. The molecule has 0 bridgehead atoms. The third-order valence-electron chi connectivity index (χ3n) is 4.14. The first-order valence-corrected chi connectivity index (χ1v) is 7.35. The molecule has 8 heteroatoms. The predicted octanol–water partition coefficient (Wildman–Crippen LogP) is 3.27. The van der Waals surface area contributed by atoms with Gasteiger partial charge in [-0.1, -0.05) is 6.42 Å². The van der Waals surface area contributed by atoms with E-state index in [1.807, 2.05) is 0 Å². The number of carbonyl (C=O) groups is 2. The lowest BCUT2D eigenvalue weighted by atomic mass is 9.80. The molecule has 1 saturated carbocycles. The Morgan fingerprint density at radius 3 is 2.65 bits per heavy atom. The molecule has 23 heavy (non-hydrogen) atoms. The predicted molar refractivity (Wildman–Crippen MR) is 73.8 cm³/mol. The van der Waals surface area contributed by atoms with Crippen LogP contribution in [0.25, 0.3) is 0 Å². The number of amides is 1. The second kappa shape index (κ2) is 6.64. The number of furan rings is 1. The number of aromatic carboxylic acids is 1. The van der Waals surface area contributed by atoms with Crippen LogP contribution in [0.15, 0.2) is 10.5 Å². The fraction of sp³-hybridized carbons (Fsp3) is 0.600. The number of hydrogen-bond acceptors (Lipinski definition) is 3. The number of halogens is 3. The Labute approximate surface area is 130 Å². The molecule has 0 saturated heterocycles. The van der Waals surface area contributed by atoms with Crippen molar-refractivity contribution in [1.82, 2.24) is 5.32 Å². The van der Waals surface area contributed by atoms with Gasteiger partial charge in [0.2, 0.25) is 5.91 Å². The summed E-state index contributed by atoms with van der Waals surface area (Å²) in [5, 5.41) is 11.4. The van der Waals surface area contributed by atoms with Gasteiger partial charge in [-0.15, -0.1) is 0 Å². The monoisotopic (exact) mass is 333 g/mol. The van der Waals surface area contributed by atoms with Crippen molar-refractivity contribution in [1.29, 1.82) is 0 Å². The van der Waals surface area contributed by atoms with Gasteiger partial charge in [-0.05, 0) is 32.3 Å². The smallest absolute Gasteiger partial charge is 0.391 e. The summed E-state index contributed by atoms with van der Waals surface area (Å²) in [5.41, 5.74) is 0.00375. The zero-order valence-electron chi connectivity index (χ0n) is 12.6. The van der Waals surface area contributed by atoms with Crippen molar-refractivity contribution in [3.63, 3.8) is 0 Å². The van der Waals surface area contributed by atoms with Crippen LogP contribution in [0.4, 0.5) is 13.2 Å². The van der Waals surface area contributed by atoms with E-state index in [0.717, 1.165) is 0 Å². The van der Waals surface area contributed by atoms with Gasteiger partial charge in [0.25, 0.3) is 0 Å². The number of alkyl halides is 3. The largest absolute Gasteiger partial charge is 0.478 e. The minimum atomic E-state index is -4.27. The van der Waals surface area contributed by atoms with Gasteiger partial charge in [-0.2, -0.15) is 13.2 Å². The first-order valence-electron chi connectivity index (χ1n) is 7.35. The summed E-state index contributed by atoms with van der Waals surface area (Å²) >= 11 is 0. The maximum atomic E-state index is 12.7. The number of carbonyl (C=O) groups excluding carboxylic acids is 1. The molecule has 2 unspecified atom stereocenters. The molecule has 1 aromatic rings. The van der Waals surface area contributed by atoms with Crippen molar-refractivity contribution in [2.75, 3.05) is 0 Å². The summed E-state index contributed by atoms with van der Waals surface area (Å²) in [7, 11) is 0. The Kier molecular flexibility index (Phi) is 5.01. The van der Waals surface area contributed by atoms with Crippen LogP contribution in [-0.4, -0.2) is 23.2 Å². The van der Waals surface area contributed by atoms with Crippen LogP contribution in [0.2, 0.25) is 0 Å². The van der Waals surface area contributed by atoms with Gasteiger partial charge >= 0.3 is 12.1 Å². The lowest BCUT2D eigenvalue weighted by Gasteiger charge is -2.29. The summed E-state index contributed by atoms with van der Waals surface area (Å²) in [5.74, 6) is -3.22. The Balaban J connectivity index is 1.92. The highest BCUT2D eigenvalue weighted by atomic mass is 19.4. The van der Waals surface area contributed by atoms with E-state index in [2.05, 4.69) is 5.32 Å². The molecular weight excluding hydrogens is 315 g/mol. The highest BCUT2D eigenvalue weighted by Crippen LogP contribution is 2.39. The summed E-state index contributed by atoms with van der Waals surface area (Å²) in [4.78, 5) is 22.9. The summed E-state index contributed by atoms with van der Waals surface area (Å²) < 4.78 is 43.5. The van der Waals surface area contributed by atoms with Crippen LogP contribution in [0.5, 0.6) is 0 Å². The molecule has 1 aliphatic carbocycles. The van der Waals surface area contributed by atoms with Crippen LogP contribution < -0.4 is 5.32 Å². The molecule has 128 valence electrons. The van der Waals surface area contributed by atoms with Crippen LogP contribution in [-0.2, 0) is 11.3 Å². The lowest BCUT2D eigenvalue weighted by Crippen LogP contribution is -2.37. The van der Waals surface area contributed by atoms with Crippen molar-refractivity contribution >= 4 is 11.9 Å². The van der Waals surface area contributed by atoms with Crippen molar-refractivity contribution < 1.29 is 32.3 Å². The zero-order chi connectivity index (χ0) is 17.2. The third-order valence-corrected chi connectivity index (χ3v) is 4.14. The lowest BCUT2D eigenvalue weighted by molar-refractivity contribution is -0.186. The highest BCUT2D eigenvalue weighted by Gasteiger charge is 2.43. The first kappa shape index (κ1) is 17.4. The van der Waals surface area contributed by atoms with Crippen molar-refractivity contribution in [3.05, 3.63) is 23.2 Å². The second-order valence-electron chi connectivity index (χ2n) is 5.81. The Morgan fingerprint density at radius 2 is 2.09 bits per heavy atom. The van der Waals surface area contributed by atoms with Crippen LogP contribution >= 0.6 is 0 Å². The van der Waals surface area contributed by atoms with E-state index in [0.29, 0.717) is 12.8 Å². The number of carboxylic acid groups (broad SMARTS) is 1. The number of aryl methyl sites for hydroxylation is 1. The van der Waals surface area contributed by atoms with Crippen LogP contribution in [0.3, 0.4) is 0 Å². The molecule has 2 N–H and O–H groups in total. The third kappa shape index (κ3) is 4.27. The summed E-state index contributed by atoms with van der Waals surface area (Å²) in [6.45, 7) is 1.45. The molecule has 1 aliphatic rings. The number of carboxylic acids is 1. The van der Waals surface area contributed by atoms with Gasteiger partial charge in [0.05, 0.1) is 12.5 Å². The van der Waals surface area contributed by atoms with Crippen LogP contribution in [0, 0.1) is 18.8 Å². The van der Waals surface area contributed by atoms with Crippen LogP contribution in [0.1, 0.15) is 47.6 Å². The highest BCUT2D eigenvalue weighted by molar-refractivity contribution is 5.88. The molecular formula is C15H18F3NO4. The average molecular weight is 333 g/mol. The SMILES string of the molecule is Cc1oc(CNC(=O)C2CCCC(C(F)(F)F)C2)cc1C(=O)O. The van der Waals surface area contributed by atoms with Crippen molar-refractivity contribution in [3.8, 4) is 0 Å². The molecule has 5 nitrogen and oxygen atoms in total. The Morgan fingerprint density at radius 1 is 1.39 bits per heavy atom. The molecule has 1 aromatic heterocycles. The molecule has 0 radical (unpaired) electrons. The van der Waals surface area contributed by atoms with E-state index in [-0.39, 0.29) is 36.5 Å². The minimum absolute atomic E-state index is 0.00375. The number of rotatable bonds is 4. The van der Waals surface area contributed by atoms with Crippen molar-refractivity contribution in [2.45, 2.75) is 45.3 Å². The topological polar surface area (TPSA) is 79.5 Å². The Hall–Kier alpha value is -1.99. The van der Waals surface area contributed by atoms with E-state index in [1.165, 1.54) is 13.0 Å². The minimum Gasteiger partial charge on any atom is -0.478 e. The summed E-state index contributed by atoms with van der Waals surface area (Å²) in [6, 6.07) is 1.30. The molecule has 2 atom stereocenters. The van der Waals surface area contributed by atoms with Gasteiger partial charge in [0, 0.05) is 5.92 Å². The van der Waals surface area contributed by atoms with Gasteiger partial charge < -0.3 is 14.8 Å². The molecule has 1 heterocycles. The average Bonchev–Trinajstić information content (AvgIpc) is 2.85. The standard InChI is InChI=1S/C15H18F3NO4/c1-8-12(14(21)22)6-11(23-8)7-19-13(20)9-3-2-4-10(5-9)15(16,17)18/h6,9-10H,2-5,7H2,1H3,(H,19,20)(H,21,22). The van der Waals surface area contributed by atoms with Gasteiger partial charge in [0.1, 0.15) is 17.1 Å². The van der Waals surface area contributed by atoms with E-state index in [9.17, 15) is 22.8 Å². The maximum absolute atomic E-state index is 12.7. The molecule has 1 amide bonds. The normalized spacial score (nSPS) is 21.9. The number of nitrogens with one attached hydrogen (secondary N) is 1. The van der Waals surface area contributed by atoms with E-state index < -0.39 is 29.9 Å². The molecule has 0 spiro atoms. The van der Waals surface area contributed by atoms with E-state index in [4.69, 9.17) is 9.52 Å². The van der Waals surface area contributed by atoms with Crippen molar-refractivity contribution in [2.24, 2.45) is 11.8 Å². The zero-order valence-corrected chi connectivity index (χ0v) is 12.6.